The number of hydrogen-bond acceptors (Lipinski definition) is 2. The van der Waals surface area contributed by atoms with Crippen LogP contribution in [0.15, 0.2) is 0 Å². The Balaban J connectivity index is 2.21. The van der Waals surface area contributed by atoms with Crippen molar-refractivity contribution in [3.8, 4) is 0 Å². The minimum absolute atomic E-state index is 0.778. The first kappa shape index (κ1) is 10.7. The van der Waals surface area contributed by atoms with E-state index >= 15 is 0 Å². The molecule has 0 spiro atoms. The normalized spacial score (nSPS) is 20.3. The molecule has 0 fully saturated rings. The van der Waals surface area contributed by atoms with Crippen LogP contribution in [0.5, 0.6) is 0 Å². The largest absolute Gasteiger partial charge is 0.332 e. The lowest BCUT2D eigenvalue weighted by Crippen LogP contribution is -2.28. The summed E-state index contributed by atoms with van der Waals surface area (Å²) < 4.78 is 2.42. The van der Waals surface area contributed by atoms with Gasteiger partial charge in [-0.15, -0.1) is 0 Å². The minimum Gasteiger partial charge on any atom is -0.332 e. The predicted octanol–water partition coefficient (Wildman–Crippen LogP) is 1.54. The van der Waals surface area contributed by atoms with Crippen LogP contribution in [0.1, 0.15) is 30.6 Å². The zero-order valence-electron chi connectivity index (χ0n) is 10.0. The monoisotopic (exact) mass is 207 g/mol. The van der Waals surface area contributed by atoms with Gasteiger partial charge >= 0.3 is 0 Å². The summed E-state index contributed by atoms with van der Waals surface area (Å²) in [6.07, 6.45) is 3.48. The van der Waals surface area contributed by atoms with E-state index in [9.17, 15) is 0 Å². The topological polar surface area (TPSA) is 29.9 Å². The molecule has 3 nitrogen and oxygen atoms in total. The molecule has 1 N–H and O–H groups in total. The van der Waals surface area contributed by atoms with Gasteiger partial charge in [-0.2, -0.15) is 0 Å². The Morgan fingerprint density at radius 3 is 3.00 bits per heavy atom. The van der Waals surface area contributed by atoms with Gasteiger partial charge in [0.25, 0.3) is 0 Å². The average molecular weight is 207 g/mol. The standard InChI is InChI=1S/C12H21N3/c1-4-11-9(2)15-8-10(7-13-3)5-6-12(15)14-11/h10,13H,4-8H2,1-3H3. The molecule has 3 heteroatoms. The second kappa shape index (κ2) is 4.35. The lowest BCUT2D eigenvalue weighted by atomic mass is 9.99. The summed E-state index contributed by atoms with van der Waals surface area (Å²) >= 11 is 0. The highest BCUT2D eigenvalue weighted by atomic mass is 15.1. The molecule has 0 bridgehead atoms. The Bertz CT molecular complexity index is 341. The fraction of sp³-hybridized carbons (Fsp3) is 0.750. The quantitative estimate of drug-likeness (QED) is 0.814. The maximum absolute atomic E-state index is 4.71. The van der Waals surface area contributed by atoms with Gasteiger partial charge in [0.2, 0.25) is 0 Å². The molecule has 1 aliphatic heterocycles. The van der Waals surface area contributed by atoms with Gasteiger partial charge in [0.15, 0.2) is 0 Å². The van der Waals surface area contributed by atoms with E-state index in [0.717, 1.165) is 31.8 Å². The first-order valence-corrected chi connectivity index (χ1v) is 5.95. The van der Waals surface area contributed by atoms with E-state index in [2.05, 4.69) is 23.7 Å². The fourth-order valence-electron chi connectivity index (χ4n) is 2.55. The molecule has 1 unspecified atom stereocenters. The molecular formula is C12H21N3. The van der Waals surface area contributed by atoms with Crippen molar-refractivity contribution in [2.24, 2.45) is 5.92 Å². The number of aryl methyl sites for hydroxylation is 2. The van der Waals surface area contributed by atoms with Crippen LogP contribution in [0, 0.1) is 12.8 Å². The lowest BCUT2D eigenvalue weighted by Gasteiger charge is -2.24. The van der Waals surface area contributed by atoms with Gasteiger partial charge in [0.1, 0.15) is 5.82 Å². The van der Waals surface area contributed by atoms with E-state index in [-0.39, 0.29) is 0 Å². The average Bonchev–Trinajstić information content (AvgIpc) is 2.56. The molecule has 1 aromatic rings. The van der Waals surface area contributed by atoms with Crippen LogP contribution in [0.3, 0.4) is 0 Å². The van der Waals surface area contributed by atoms with E-state index in [1.807, 2.05) is 7.05 Å². The predicted molar refractivity (Wildman–Crippen MR) is 62.1 cm³/mol. The SMILES string of the molecule is CCc1nc2n(c1C)CC(CNC)CC2. The minimum atomic E-state index is 0.778. The zero-order valence-corrected chi connectivity index (χ0v) is 10.0. The molecule has 2 heterocycles. The van der Waals surface area contributed by atoms with Crippen LogP contribution in [0.4, 0.5) is 0 Å². The number of imidazole rings is 1. The molecule has 1 atom stereocenters. The van der Waals surface area contributed by atoms with Crippen molar-refractivity contribution in [1.82, 2.24) is 14.9 Å². The fourth-order valence-corrected chi connectivity index (χ4v) is 2.55. The Morgan fingerprint density at radius 2 is 2.33 bits per heavy atom. The van der Waals surface area contributed by atoms with Crippen molar-refractivity contribution in [3.63, 3.8) is 0 Å². The highest BCUT2D eigenvalue weighted by molar-refractivity contribution is 5.17. The Hall–Kier alpha value is -0.830. The van der Waals surface area contributed by atoms with Gasteiger partial charge in [-0.1, -0.05) is 6.92 Å². The molecule has 0 amide bonds. The van der Waals surface area contributed by atoms with Crippen LogP contribution in [0.2, 0.25) is 0 Å². The molecule has 1 aromatic heterocycles. The zero-order chi connectivity index (χ0) is 10.8. The van der Waals surface area contributed by atoms with Crippen LogP contribution >= 0.6 is 0 Å². The van der Waals surface area contributed by atoms with E-state index in [1.54, 1.807) is 0 Å². The Morgan fingerprint density at radius 1 is 1.53 bits per heavy atom. The van der Waals surface area contributed by atoms with E-state index in [4.69, 9.17) is 4.98 Å². The highest BCUT2D eigenvalue weighted by Crippen LogP contribution is 2.22. The maximum atomic E-state index is 4.71. The molecule has 0 radical (unpaired) electrons. The van der Waals surface area contributed by atoms with Gasteiger partial charge in [-0.25, -0.2) is 4.98 Å². The van der Waals surface area contributed by atoms with Gasteiger partial charge in [-0.05, 0) is 39.3 Å². The molecular weight excluding hydrogens is 186 g/mol. The smallest absolute Gasteiger partial charge is 0.109 e. The molecule has 0 saturated carbocycles. The Kier molecular flexibility index (Phi) is 3.10. The van der Waals surface area contributed by atoms with Gasteiger partial charge in [0.05, 0.1) is 5.69 Å². The lowest BCUT2D eigenvalue weighted by molar-refractivity contribution is 0.352. The van der Waals surface area contributed by atoms with Gasteiger partial charge in [-0.3, -0.25) is 0 Å². The number of nitrogens with one attached hydrogen (secondary N) is 1. The summed E-state index contributed by atoms with van der Waals surface area (Å²) in [5.41, 5.74) is 2.67. The summed E-state index contributed by atoms with van der Waals surface area (Å²) in [5.74, 6) is 2.08. The molecule has 2 rings (SSSR count). The summed E-state index contributed by atoms with van der Waals surface area (Å²) in [6, 6.07) is 0. The van der Waals surface area contributed by atoms with Crippen molar-refractivity contribution in [1.29, 1.82) is 0 Å². The maximum Gasteiger partial charge on any atom is 0.109 e. The van der Waals surface area contributed by atoms with Crippen LogP contribution in [-0.2, 0) is 19.4 Å². The third kappa shape index (κ3) is 1.93. The summed E-state index contributed by atoms with van der Waals surface area (Å²) in [5, 5.41) is 3.27. The molecule has 84 valence electrons. The third-order valence-corrected chi connectivity index (χ3v) is 3.44. The van der Waals surface area contributed by atoms with Crippen molar-refractivity contribution in [2.45, 2.75) is 39.7 Å². The first-order chi connectivity index (χ1) is 7.26. The first-order valence-electron chi connectivity index (χ1n) is 5.95. The second-order valence-corrected chi connectivity index (χ2v) is 4.49. The molecule has 0 saturated heterocycles. The second-order valence-electron chi connectivity index (χ2n) is 4.49. The summed E-state index contributed by atoms with van der Waals surface area (Å²) in [7, 11) is 2.04. The van der Waals surface area contributed by atoms with Gasteiger partial charge < -0.3 is 9.88 Å². The van der Waals surface area contributed by atoms with Crippen LogP contribution < -0.4 is 5.32 Å². The molecule has 0 aliphatic carbocycles. The number of hydrogen-bond donors (Lipinski definition) is 1. The van der Waals surface area contributed by atoms with E-state index in [0.29, 0.717) is 0 Å². The van der Waals surface area contributed by atoms with Crippen LogP contribution in [0.25, 0.3) is 0 Å². The highest BCUT2D eigenvalue weighted by Gasteiger charge is 2.21. The number of aromatic nitrogens is 2. The summed E-state index contributed by atoms with van der Waals surface area (Å²) in [4.78, 5) is 4.71. The van der Waals surface area contributed by atoms with E-state index < -0.39 is 0 Å². The van der Waals surface area contributed by atoms with E-state index in [1.165, 1.54) is 23.6 Å². The van der Waals surface area contributed by atoms with Crippen molar-refractivity contribution < 1.29 is 0 Å². The number of rotatable bonds is 3. The molecule has 15 heavy (non-hydrogen) atoms. The van der Waals surface area contributed by atoms with Crippen molar-refractivity contribution in [2.75, 3.05) is 13.6 Å². The third-order valence-electron chi connectivity index (χ3n) is 3.44. The molecule has 0 aromatic carbocycles. The summed E-state index contributed by atoms with van der Waals surface area (Å²) in [6.45, 7) is 6.66. The van der Waals surface area contributed by atoms with Gasteiger partial charge in [0, 0.05) is 18.7 Å². The van der Waals surface area contributed by atoms with Crippen molar-refractivity contribution in [3.05, 3.63) is 17.2 Å². The van der Waals surface area contributed by atoms with Crippen LogP contribution in [-0.4, -0.2) is 23.1 Å². The number of fused-ring (bicyclic) bond motifs is 1. The number of nitrogens with zero attached hydrogens (tertiary/aromatic N) is 2. The Labute approximate surface area is 91.9 Å². The molecule has 1 aliphatic rings. The van der Waals surface area contributed by atoms with Crippen molar-refractivity contribution >= 4 is 0 Å².